The summed E-state index contributed by atoms with van der Waals surface area (Å²) in [5.41, 5.74) is 1.04. The van der Waals surface area contributed by atoms with Gasteiger partial charge in [0.2, 0.25) is 0 Å². The van der Waals surface area contributed by atoms with Crippen molar-refractivity contribution in [1.82, 2.24) is 0 Å². The lowest BCUT2D eigenvalue weighted by molar-refractivity contribution is 0.165. The minimum Gasteiger partial charge on any atom is -0.377 e. The quantitative estimate of drug-likeness (QED) is 0.493. The van der Waals surface area contributed by atoms with E-state index in [0.29, 0.717) is 18.4 Å². The highest BCUT2D eigenvalue weighted by atomic mass is 35.5. The van der Waals surface area contributed by atoms with Crippen molar-refractivity contribution in [2.45, 2.75) is 19.3 Å². The SMILES string of the molecule is C=CCOCCC1=CCCC(Cl)=N1. The number of aliphatic imine (C=N–C) groups is 1. The number of hydrogen-bond donors (Lipinski definition) is 0. The summed E-state index contributed by atoms with van der Waals surface area (Å²) in [5, 5.41) is 0.709. The van der Waals surface area contributed by atoms with E-state index in [-0.39, 0.29) is 0 Å². The van der Waals surface area contributed by atoms with Crippen molar-refractivity contribution in [1.29, 1.82) is 0 Å². The maximum atomic E-state index is 5.80. The molecule has 72 valence electrons. The van der Waals surface area contributed by atoms with Crippen molar-refractivity contribution < 1.29 is 4.74 Å². The normalized spacial score (nSPS) is 16.4. The summed E-state index contributed by atoms with van der Waals surface area (Å²) in [6, 6.07) is 0. The van der Waals surface area contributed by atoms with Crippen molar-refractivity contribution in [3.05, 3.63) is 24.4 Å². The Labute approximate surface area is 84.0 Å². The highest BCUT2D eigenvalue weighted by molar-refractivity contribution is 6.65. The van der Waals surface area contributed by atoms with Gasteiger partial charge in [-0.2, -0.15) is 0 Å². The third-order valence-electron chi connectivity index (χ3n) is 1.73. The van der Waals surface area contributed by atoms with Gasteiger partial charge in [0.1, 0.15) is 5.17 Å². The van der Waals surface area contributed by atoms with Crippen molar-refractivity contribution in [2.24, 2.45) is 4.99 Å². The highest BCUT2D eigenvalue weighted by Gasteiger charge is 2.03. The van der Waals surface area contributed by atoms with Crippen LogP contribution in [0.1, 0.15) is 19.3 Å². The Bertz CT molecular complexity index is 233. The summed E-state index contributed by atoms with van der Waals surface area (Å²) >= 11 is 5.80. The van der Waals surface area contributed by atoms with Gasteiger partial charge in [0.15, 0.2) is 0 Å². The van der Waals surface area contributed by atoms with Crippen LogP contribution in [-0.4, -0.2) is 18.4 Å². The smallest absolute Gasteiger partial charge is 0.106 e. The molecule has 1 aliphatic rings. The van der Waals surface area contributed by atoms with E-state index in [9.17, 15) is 0 Å². The second kappa shape index (κ2) is 5.95. The number of hydrogen-bond acceptors (Lipinski definition) is 2. The molecule has 0 fully saturated rings. The molecule has 0 saturated carbocycles. The Kier molecular flexibility index (Phi) is 4.79. The average molecular weight is 200 g/mol. The zero-order chi connectivity index (χ0) is 9.52. The Hall–Kier alpha value is -0.600. The third kappa shape index (κ3) is 4.25. The Morgan fingerprint density at radius 1 is 1.69 bits per heavy atom. The first-order valence-electron chi connectivity index (χ1n) is 4.43. The van der Waals surface area contributed by atoms with Crippen LogP contribution >= 0.6 is 11.6 Å². The predicted molar refractivity (Wildman–Crippen MR) is 56.2 cm³/mol. The van der Waals surface area contributed by atoms with E-state index in [1.807, 2.05) is 0 Å². The van der Waals surface area contributed by atoms with Gasteiger partial charge >= 0.3 is 0 Å². The lowest BCUT2D eigenvalue weighted by Crippen LogP contribution is -2.00. The average Bonchev–Trinajstić information content (AvgIpc) is 2.13. The van der Waals surface area contributed by atoms with Gasteiger partial charge in [0.25, 0.3) is 0 Å². The molecule has 0 aromatic heterocycles. The number of ether oxygens (including phenoxy) is 1. The summed E-state index contributed by atoms with van der Waals surface area (Å²) in [4.78, 5) is 4.22. The summed E-state index contributed by atoms with van der Waals surface area (Å²) in [5.74, 6) is 0. The Morgan fingerprint density at radius 2 is 2.54 bits per heavy atom. The van der Waals surface area contributed by atoms with E-state index >= 15 is 0 Å². The minimum atomic E-state index is 0.602. The van der Waals surface area contributed by atoms with E-state index in [4.69, 9.17) is 16.3 Å². The van der Waals surface area contributed by atoms with Gasteiger partial charge in [-0.3, -0.25) is 0 Å². The first-order chi connectivity index (χ1) is 6.33. The number of rotatable bonds is 5. The molecule has 2 nitrogen and oxygen atoms in total. The molecular formula is C10H14ClNO. The van der Waals surface area contributed by atoms with Crippen LogP contribution in [0, 0.1) is 0 Å². The monoisotopic (exact) mass is 199 g/mol. The van der Waals surface area contributed by atoms with Crippen molar-refractivity contribution in [3.8, 4) is 0 Å². The molecule has 0 N–H and O–H groups in total. The minimum absolute atomic E-state index is 0.602. The van der Waals surface area contributed by atoms with E-state index in [0.717, 1.165) is 25.0 Å². The largest absolute Gasteiger partial charge is 0.377 e. The molecule has 0 radical (unpaired) electrons. The van der Waals surface area contributed by atoms with E-state index in [1.54, 1.807) is 6.08 Å². The predicted octanol–water partition coefficient (Wildman–Crippen LogP) is 2.89. The van der Waals surface area contributed by atoms with Crippen LogP contribution in [0.3, 0.4) is 0 Å². The number of allylic oxidation sites excluding steroid dienone is 1. The lowest BCUT2D eigenvalue weighted by Gasteiger charge is -2.08. The molecule has 3 heteroatoms. The van der Waals surface area contributed by atoms with Gasteiger partial charge < -0.3 is 4.74 Å². The summed E-state index contributed by atoms with van der Waals surface area (Å²) in [6.45, 7) is 4.86. The lowest BCUT2D eigenvalue weighted by atomic mass is 10.2. The second-order valence-electron chi connectivity index (χ2n) is 2.84. The molecule has 0 aromatic carbocycles. The Morgan fingerprint density at radius 3 is 3.23 bits per heavy atom. The molecule has 0 bridgehead atoms. The number of halogens is 1. The van der Waals surface area contributed by atoms with Gasteiger partial charge in [-0.05, 0) is 6.42 Å². The van der Waals surface area contributed by atoms with Crippen LogP contribution in [0.4, 0.5) is 0 Å². The van der Waals surface area contributed by atoms with E-state index in [2.05, 4.69) is 17.6 Å². The van der Waals surface area contributed by atoms with Gasteiger partial charge in [-0.15, -0.1) is 6.58 Å². The van der Waals surface area contributed by atoms with Crippen LogP contribution in [-0.2, 0) is 4.74 Å². The molecule has 0 spiro atoms. The maximum Gasteiger partial charge on any atom is 0.106 e. The molecule has 1 heterocycles. The van der Waals surface area contributed by atoms with Crippen molar-refractivity contribution in [2.75, 3.05) is 13.2 Å². The van der Waals surface area contributed by atoms with Gasteiger partial charge in [0.05, 0.1) is 13.2 Å². The van der Waals surface area contributed by atoms with Crippen LogP contribution in [0.5, 0.6) is 0 Å². The van der Waals surface area contributed by atoms with Crippen molar-refractivity contribution >= 4 is 16.8 Å². The zero-order valence-corrected chi connectivity index (χ0v) is 8.39. The highest BCUT2D eigenvalue weighted by Crippen LogP contribution is 2.15. The molecule has 0 saturated heterocycles. The van der Waals surface area contributed by atoms with Gasteiger partial charge in [-0.25, -0.2) is 4.99 Å². The van der Waals surface area contributed by atoms with Gasteiger partial charge in [-0.1, -0.05) is 23.8 Å². The molecule has 0 aromatic rings. The third-order valence-corrected chi connectivity index (χ3v) is 2.01. The van der Waals surface area contributed by atoms with E-state index < -0.39 is 0 Å². The molecular weight excluding hydrogens is 186 g/mol. The van der Waals surface area contributed by atoms with Crippen LogP contribution in [0.25, 0.3) is 0 Å². The van der Waals surface area contributed by atoms with Crippen LogP contribution in [0.2, 0.25) is 0 Å². The van der Waals surface area contributed by atoms with Crippen LogP contribution < -0.4 is 0 Å². The van der Waals surface area contributed by atoms with E-state index in [1.165, 1.54) is 0 Å². The Balaban J connectivity index is 2.21. The molecule has 13 heavy (non-hydrogen) atoms. The molecule has 1 rings (SSSR count). The van der Waals surface area contributed by atoms with Crippen LogP contribution in [0.15, 0.2) is 29.4 Å². The number of nitrogens with zero attached hydrogens (tertiary/aromatic N) is 1. The summed E-state index contributed by atoms with van der Waals surface area (Å²) in [6.07, 6.45) is 6.57. The fourth-order valence-corrected chi connectivity index (χ4v) is 1.33. The zero-order valence-electron chi connectivity index (χ0n) is 7.63. The molecule has 1 aliphatic heterocycles. The van der Waals surface area contributed by atoms with Gasteiger partial charge in [0, 0.05) is 18.5 Å². The fraction of sp³-hybridized carbons (Fsp3) is 0.500. The molecule has 0 amide bonds. The molecule has 0 aliphatic carbocycles. The molecule has 0 unspecified atom stereocenters. The topological polar surface area (TPSA) is 21.6 Å². The van der Waals surface area contributed by atoms with Crippen molar-refractivity contribution in [3.63, 3.8) is 0 Å². The molecule has 0 atom stereocenters. The fourth-order valence-electron chi connectivity index (χ4n) is 1.12. The second-order valence-corrected chi connectivity index (χ2v) is 3.27. The maximum absolute atomic E-state index is 5.80. The standard InChI is InChI=1S/C10H14ClNO/c1-2-7-13-8-6-9-4-3-5-10(11)12-9/h2,4H,1,3,5-8H2. The summed E-state index contributed by atoms with van der Waals surface area (Å²) in [7, 11) is 0. The first-order valence-corrected chi connectivity index (χ1v) is 4.81. The first kappa shape index (κ1) is 10.5. The summed E-state index contributed by atoms with van der Waals surface area (Å²) < 4.78 is 5.25.